The van der Waals surface area contributed by atoms with E-state index in [1.165, 1.54) is 12.1 Å². The molecular formula is C22H30FN3O2. The summed E-state index contributed by atoms with van der Waals surface area (Å²) in [5, 5.41) is 7.48. The van der Waals surface area contributed by atoms with Gasteiger partial charge in [0.1, 0.15) is 5.82 Å². The number of rotatable bonds is 7. The Hall–Kier alpha value is -2.21. The van der Waals surface area contributed by atoms with Gasteiger partial charge in [-0.05, 0) is 69.0 Å². The Labute approximate surface area is 166 Å². The van der Waals surface area contributed by atoms with E-state index in [0.29, 0.717) is 31.8 Å². The summed E-state index contributed by atoms with van der Waals surface area (Å²) in [7, 11) is 0. The van der Waals surface area contributed by atoms with Crippen LogP contribution in [0.1, 0.15) is 56.5 Å². The van der Waals surface area contributed by atoms with Crippen molar-refractivity contribution in [1.29, 1.82) is 0 Å². The predicted molar refractivity (Wildman–Crippen MR) is 106 cm³/mol. The van der Waals surface area contributed by atoms with E-state index in [0.717, 1.165) is 36.6 Å². The van der Waals surface area contributed by atoms with Gasteiger partial charge < -0.3 is 4.74 Å². The van der Waals surface area contributed by atoms with Gasteiger partial charge in [-0.15, -0.1) is 0 Å². The number of nitrogens with zero attached hydrogens (tertiary/aromatic N) is 2. The van der Waals surface area contributed by atoms with E-state index >= 15 is 0 Å². The van der Waals surface area contributed by atoms with Crippen molar-refractivity contribution >= 4 is 5.97 Å². The van der Waals surface area contributed by atoms with E-state index in [1.54, 1.807) is 6.07 Å². The highest BCUT2D eigenvalue weighted by atomic mass is 19.1. The minimum Gasteiger partial charge on any atom is -0.466 e. The average molecular weight is 387 g/mol. The minimum absolute atomic E-state index is 0.164. The third-order valence-electron chi connectivity index (χ3n) is 5.59. The molecule has 0 spiro atoms. The van der Waals surface area contributed by atoms with Gasteiger partial charge in [-0.1, -0.05) is 26.0 Å². The zero-order valence-electron chi connectivity index (χ0n) is 17.0. The van der Waals surface area contributed by atoms with Crippen LogP contribution in [-0.2, 0) is 22.5 Å². The van der Waals surface area contributed by atoms with Crippen LogP contribution in [0.25, 0.3) is 0 Å². The summed E-state index contributed by atoms with van der Waals surface area (Å²) in [6.45, 7) is 8.82. The number of ether oxygens (including phenoxy) is 1. The molecule has 1 aromatic carbocycles. The van der Waals surface area contributed by atoms with Gasteiger partial charge in [0, 0.05) is 12.2 Å². The summed E-state index contributed by atoms with van der Waals surface area (Å²) in [6, 6.07) is 8.65. The Morgan fingerprint density at radius 1 is 1.32 bits per heavy atom. The molecule has 1 aliphatic heterocycles. The van der Waals surface area contributed by atoms with E-state index in [9.17, 15) is 9.18 Å². The van der Waals surface area contributed by atoms with Gasteiger partial charge in [0.2, 0.25) is 0 Å². The Bertz CT molecular complexity index is 795. The second-order valence-electron chi connectivity index (χ2n) is 8.06. The maximum absolute atomic E-state index is 13.6. The number of likely N-dealkylation sites (tertiary alicyclic amines) is 1. The summed E-state index contributed by atoms with van der Waals surface area (Å²) in [5.41, 5.74) is 2.42. The smallest absolute Gasteiger partial charge is 0.312 e. The number of nitrogens with one attached hydrogen (secondary N) is 1. The predicted octanol–water partition coefficient (Wildman–Crippen LogP) is 4.06. The van der Waals surface area contributed by atoms with E-state index in [-0.39, 0.29) is 11.8 Å². The van der Waals surface area contributed by atoms with Crippen molar-refractivity contribution < 1.29 is 13.9 Å². The van der Waals surface area contributed by atoms with Crippen LogP contribution in [-0.4, -0.2) is 40.8 Å². The zero-order chi connectivity index (χ0) is 20.1. The normalized spacial score (nSPS) is 17.0. The lowest BCUT2D eigenvalue weighted by atomic mass is 9.73. The molecule has 2 aromatic rings. The number of esters is 1. The number of carbonyl (C=O) groups excluding carboxylic acids is 1. The summed E-state index contributed by atoms with van der Waals surface area (Å²) in [5.74, 6) is -0.0363. The van der Waals surface area contributed by atoms with Crippen LogP contribution < -0.4 is 0 Å². The first-order valence-corrected chi connectivity index (χ1v) is 10.1. The van der Waals surface area contributed by atoms with Crippen LogP contribution in [0.2, 0.25) is 0 Å². The van der Waals surface area contributed by atoms with E-state index in [2.05, 4.69) is 35.0 Å². The number of benzene rings is 1. The number of H-pyrrole nitrogens is 1. The standard InChI is InChI=1S/C22H30FN3O2/c1-4-28-21(27)22(14-17-6-5-7-18(23)12-17)8-10-26(11-9-22)15-19-13-20(16(2)3)25-24-19/h5-7,12-13,16H,4,8-11,14-15H2,1-3H3,(H,24,25). The van der Waals surface area contributed by atoms with Crippen LogP contribution >= 0.6 is 0 Å². The maximum Gasteiger partial charge on any atom is 0.312 e. The largest absolute Gasteiger partial charge is 0.466 e. The minimum atomic E-state index is -0.586. The van der Waals surface area contributed by atoms with Crippen molar-refractivity contribution in [3.05, 3.63) is 53.1 Å². The Balaban J connectivity index is 1.68. The topological polar surface area (TPSA) is 58.2 Å². The van der Waals surface area contributed by atoms with Crippen molar-refractivity contribution in [2.45, 2.75) is 52.5 Å². The molecule has 0 radical (unpaired) electrons. The number of piperidine rings is 1. The summed E-state index contributed by atoms with van der Waals surface area (Å²) in [4.78, 5) is 15.1. The molecule has 0 atom stereocenters. The van der Waals surface area contributed by atoms with Gasteiger partial charge in [0.25, 0.3) is 0 Å². The molecule has 1 aromatic heterocycles. The van der Waals surface area contributed by atoms with Crippen LogP contribution in [0, 0.1) is 11.2 Å². The lowest BCUT2D eigenvalue weighted by Crippen LogP contribution is -2.46. The first-order chi connectivity index (χ1) is 13.4. The third kappa shape index (κ3) is 4.79. The zero-order valence-corrected chi connectivity index (χ0v) is 17.0. The number of aromatic amines is 1. The molecule has 0 unspecified atom stereocenters. The van der Waals surface area contributed by atoms with E-state index in [4.69, 9.17) is 4.74 Å². The quantitative estimate of drug-likeness (QED) is 0.728. The Kier molecular flexibility index (Phi) is 6.50. The van der Waals surface area contributed by atoms with Crippen molar-refractivity contribution in [3.63, 3.8) is 0 Å². The van der Waals surface area contributed by atoms with Crippen LogP contribution in [0.4, 0.5) is 4.39 Å². The molecule has 0 amide bonds. The second kappa shape index (κ2) is 8.86. The molecule has 3 rings (SSSR count). The second-order valence-corrected chi connectivity index (χ2v) is 8.06. The van der Waals surface area contributed by atoms with Crippen LogP contribution in [0.3, 0.4) is 0 Å². The number of halogens is 1. The molecule has 1 saturated heterocycles. The fraction of sp³-hybridized carbons (Fsp3) is 0.545. The number of hydrogen-bond acceptors (Lipinski definition) is 4. The van der Waals surface area contributed by atoms with Gasteiger partial charge in [0.05, 0.1) is 17.7 Å². The Morgan fingerprint density at radius 2 is 2.07 bits per heavy atom. The summed E-state index contributed by atoms with van der Waals surface area (Å²) >= 11 is 0. The van der Waals surface area contributed by atoms with Gasteiger partial charge in [-0.25, -0.2) is 4.39 Å². The highest BCUT2D eigenvalue weighted by Crippen LogP contribution is 2.37. The molecule has 5 nitrogen and oxygen atoms in total. The van der Waals surface area contributed by atoms with Gasteiger partial charge in [-0.2, -0.15) is 5.10 Å². The van der Waals surface area contributed by atoms with Gasteiger partial charge >= 0.3 is 5.97 Å². The first kappa shape index (κ1) is 20.5. The Morgan fingerprint density at radius 3 is 2.68 bits per heavy atom. The molecule has 2 heterocycles. The molecule has 0 saturated carbocycles. The lowest BCUT2D eigenvalue weighted by molar-refractivity contribution is -0.158. The van der Waals surface area contributed by atoms with E-state index in [1.807, 2.05) is 13.0 Å². The molecular weight excluding hydrogens is 357 g/mol. The number of carbonyl (C=O) groups is 1. The fourth-order valence-electron chi connectivity index (χ4n) is 3.91. The van der Waals surface area contributed by atoms with E-state index < -0.39 is 5.41 Å². The van der Waals surface area contributed by atoms with Gasteiger partial charge in [-0.3, -0.25) is 14.8 Å². The van der Waals surface area contributed by atoms with Gasteiger partial charge in [0.15, 0.2) is 0 Å². The molecule has 0 aliphatic carbocycles. The summed E-state index contributed by atoms with van der Waals surface area (Å²) < 4.78 is 19.0. The summed E-state index contributed by atoms with van der Waals surface area (Å²) in [6.07, 6.45) is 1.92. The SMILES string of the molecule is CCOC(=O)C1(Cc2cccc(F)c2)CCN(Cc2cc(C(C)C)n[nH]2)CC1. The number of hydrogen-bond donors (Lipinski definition) is 1. The first-order valence-electron chi connectivity index (χ1n) is 10.1. The lowest BCUT2D eigenvalue weighted by Gasteiger charge is -2.40. The average Bonchev–Trinajstić information content (AvgIpc) is 3.12. The van der Waals surface area contributed by atoms with Crippen molar-refractivity contribution in [3.8, 4) is 0 Å². The van der Waals surface area contributed by atoms with Crippen LogP contribution in [0.5, 0.6) is 0 Å². The highest BCUT2D eigenvalue weighted by molar-refractivity contribution is 5.77. The third-order valence-corrected chi connectivity index (χ3v) is 5.59. The van der Waals surface area contributed by atoms with Crippen molar-refractivity contribution in [2.24, 2.45) is 5.41 Å². The van der Waals surface area contributed by atoms with Crippen molar-refractivity contribution in [1.82, 2.24) is 15.1 Å². The van der Waals surface area contributed by atoms with Crippen molar-refractivity contribution in [2.75, 3.05) is 19.7 Å². The molecule has 1 aliphatic rings. The molecule has 1 N–H and O–H groups in total. The monoisotopic (exact) mass is 387 g/mol. The number of aromatic nitrogens is 2. The van der Waals surface area contributed by atoms with Crippen LogP contribution in [0.15, 0.2) is 30.3 Å². The molecule has 0 bridgehead atoms. The molecule has 6 heteroatoms. The molecule has 152 valence electrons. The maximum atomic E-state index is 13.6. The molecule has 28 heavy (non-hydrogen) atoms. The highest BCUT2D eigenvalue weighted by Gasteiger charge is 2.42. The molecule has 1 fully saturated rings. The fourth-order valence-corrected chi connectivity index (χ4v) is 3.91.